The Hall–Kier alpha value is -2.64. The van der Waals surface area contributed by atoms with E-state index in [0.717, 1.165) is 68.4 Å². The van der Waals surface area contributed by atoms with E-state index < -0.39 is 0 Å². The summed E-state index contributed by atoms with van der Waals surface area (Å²) >= 11 is 0. The van der Waals surface area contributed by atoms with Crippen LogP contribution >= 0.6 is 12.4 Å². The molecule has 8 heteroatoms. The van der Waals surface area contributed by atoms with E-state index >= 15 is 0 Å². The van der Waals surface area contributed by atoms with Gasteiger partial charge >= 0.3 is 0 Å². The number of hydrogen-bond acceptors (Lipinski definition) is 6. The third-order valence-corrected chi connectivity index (χ3v) is 7.15. The van der Waals surface area contributed by atoms with Crippen LogP contribution < -0.4 is 18.9 Å². The van der Waals surface area contributed by atoms with Crippen molar-refractivity contribution in [3.63, 3.8) is 0 Å². The Morgan fingerprint density at radius 1 is 0.857 bits per heavy atom. The predicted molar refractivity (Wildman–Crippen MR) is 139 cm³/mol. The van der Waals surface area contributed by atoms with E-state index in [0.29, 0.717) is 12.3 Å². The molecule has 1 aliphatic heterocycles. The fourth-order valence-corrected chi connectivity index (χ4v) is 5.11. The molecule has 2 aliphatic rings. The molecule has 0 radical (unpaired) electrons. The van der Waals surface area contributed by atoms with Gasteiger partial charge in [-0.05, 0) is 72.8 Å². The molecule has 4 rings (SSSR count). The topological polar surface area (TPSA) is 60.5 Å². The minimum Gasteiger partial charge on any atom is -0.493 e. The van der Waals surface area contributed by atoms with E-state index in [2.05, 4.69) is 36.2 Å². The lowest BCUT2D eigenvalue weighted by atomic mass is 9.77. The molecule has 35 heavy (non-hydrogen) atoms. The maximum Gasteiger partial charge on any atom is 0.223 e. The molecule has 2 aromatic carbocycles. The van der Waals surface area contributed by atoms with Gasteiger partial charge in [-0.2, -0.15) is 0 Å². The summed E-state index contributed by atoms with van der Waals surface area (Å²) in [5.41, 5.74) is 5.12. The summed E-state index contributed by atoms with van der Waals surface area (Å²) in [6, 6.07) is 8.28. The van der Waals surface area contributed by atoms with E-state index in [9.17, 15) is 4.79 Å². The van der Waals surface area contributed by atoms with Crippen molar-refractivity contribution in [2.24, 2.45) is 0 Å². The van der Waals surface area contributed by atoms with Crippen LogP contribution in [-0.2, 0) is 24.1 Å². The van der Waals surface area contributed by atoms with Crippen LogP contribution in [0.3, 0.4) is 0 Å². The Morgan fingerprint density at radius 3 is 1.86 bits per heavy atom. The number of carbonyl (C=O) groups is 1. The summed E-state index contributed by atoms with van der Waals surface area (Å²) < 4.78 is 21.8. The Morgan fingerprint density at radius 2 is 1.34 bits per heavy atom. The van der Waals surface area contributed by atoms with Gasteiger partial charge in [-0.1, -0.05) is 0 Å². The zero-order chi connectivity index (χ0) is 24.2. The first-order valence-corrected chi connectivity index (χ1v) is 11.9. The van der Waals surface area contributed by atoms with Gasteiger partial charge in [-0.3, -0.25) is 4.79 Å². The highest BCUT2D eigenvalue weighted by molar-refractivity contribution is 5.85. The fraction of sp³-hybridized carbons (Fsp3) is 0.519. The number of likely N-dealkylation sites (N-methyl/N-ethyl adjacent to an activating group) is 1. The third-order valence-electron chi connectivity index (χ3n) is 7.15. The molecule has 0 saturated carbocycles. The van der Waals surface area contributed by atoms with Gasteiger partial charge < -0.3 is 28.7 Å². The second-order valence-corrected chi connectivity index (χ2v) is 9.18. The molecule has 1 heterocycles. The standard InChI is InChI=1S/C27H36N2O5.ClH/c1-28(17-21-12-20-15-25(33-4)26(34-5)16-22(20)21)9-8-27(30)29-10-6-18-13-23(31-2)24(32-3)14-19(18)7-11-29;/h13-16,21H,6-12,17H2,1-5H3;1H. The average Bonchev–Trinajstić information content (AvgIpc) is 3.06. The molecule has 0 N–H and O–H groups in total. The molecule has 192 valence electrons. The maximum atomic E-state index is 13.0. The van der Waals surface area contributed by atoms with Gasteiger partial charge in [0.25, 0.3) is 0 Å². The first kappa shape index (κ1) is 27.0. The summed E-state index contributed by atoms with van der Waals surface area (Å²) in [6.07, 6.45) is 3.24. The lowest BCUT2D eigenvalue weighted by Gasteiger charge is -2.34. The molecule has 0 aromatic heterocycles. The van der Waals surface area contributed by atoms with Crippen molar-refractivity contribution in [3.05, 3.63) is 46.5 Å². The van der Waals surface area contributed by atoms with Crippen molar-refractivity contribution in [2.45, 2.75) is 31.6 Å². The largest absolute Gasteiger partial charge is 0.493 e. The molecule has 7 nitrogen and oxygen atoms in total. The summed E-state index contributed by atoms with van der Waals surface area (Å²) in [5, 5.41) is 0. The molecule has 1 unspecified atom stereocenters. The molecule has 1 atom stereocenters. The molecule has 0 saturated heterocycles. The van der Waals surface area contributed by atoms with Crippen LogP contribution in [0, 0.1) is 0 Å². The van der Waals surface area contributed by atoms with Gasteiger partial charge in [0, 0.05) is 38.5 Å². The number of rotatable bonds is 9. The molecule has 2 aromatic rings. The van der Waals surface area contributed by atoms with Gasteiger partial charge in [-0.25, -0.2) is 0 Å². The van der Waals surface area contributed by atoms with E-state index in [1.807, 2.05) is 4.90 Å². The van der Waals surface area contributed by atoms with Crippen LogP contribution in [0.15, 0.2) is 24.3 Å². The van der Waals surface area contributed by atoms with E-state index in [4.69, 9.17) is 18.9 Å². The zero-order valence-electron chi connectivity index (χ0n) is 21.4. The number of hydrogen-bond donors (Lipinski definition) is 0. The average molecular weight is 505 g/mol. The molecule has 1 amide bonds. The highest BCUT2D eigenvalue weighted by Gasteiger charge is 2.29. The SMILES string of the molecule is COc1cc2c(cc1OC)CCN(C(=O)CCN(C)CC1Cc3cc(OC)c(OC)cc31)CC2.Cl. The van der Waals surface area contributed by atoms with Gasteiger partial charge in [0.05, 0.1) is 28.4 Å². The van der Waals surface area contributed by atoms with Crippen LogP contribution in [0.1, 0.15) is 34.6 Å². The molecule has 0 spiro atoms. The Kier molecular flexibility index (Phi) is 9.14. The Balaban J connectivity index is 0.00000342. The predicted octanol–water partition coefficient (Wildman–Crippen LogP) is 3.73. The molecular formula is C27H37ClN2O5. The zero-order valence-corrected chi connectivity index (χ0v) is 22.2. The van der Waals surface area contributed by atoms with E-state index in [1.54, 1.807) is 28.4 Å². The number of carbonyl (C=O) groups excluding carboxylic acids is 1. The van der Waals surface area contributed by atoms with Crippen molar-refractivity contribution in [2.75, 3.05) is 61.7 Å². The van der Waals surface area contributed by atoms with E-state index in [-0.39, 0.29) is 18.3 Å². The van der Waals surface area contributed by atoms with Crippen LogP contribution in [-0.4, -0.2) is 77.4 Å². The number of ether oxygens (including phenoxy) is 4. The van der Waals surface area contributed by atoms with E-state index in [1.165, 1.54) is 22.3 Å². The maximum absolute atomic E-state index is 13.0. The smallest absolute Gasteiger partial charge is 0.223 e. The molecule has 0 bridgehead atoms. The Labute approximate surface area is 214 Å². The number of methoxy groups -OCH3 is 4. The van der Waals surface area contributed by atoms with Crippen molar-refractivity contribution in [1.82, 2.24) is 9.80 Å². The Bertz CT molecular complexity index is 1010. The minimum atomic E-state index is 0. The normalized spacial score (nSPS) is 16.3. The van der Waals surface area contributed by atoms with Crippen molar-refractivity contribution in [1.29, 1.82) is 0 Å². The molecule has 0 fully saturated rings. The van der Waals surface area contributed by atoms with Gasteiger partial charge in [0.1, 0.15) is 0 Å². The van der Waals surface area contributed by atoms with Crippen LogP contribution in [0.2, 0.25) is 0 Å². The molecule has 1 aliphatic carbocycles. The van der Waals surface area contributed by atoms with Crippen LogP contribution in [0.4, 0.5) is 0 Å². The van der Waals surface area contributed by atoms with Crippen molar-refractivity contribution < 1.29 is 23.7 Å². The summed E-state index contributed by atoms with van der Waals surface area (Å²) in [6.45, 7) is 3.16. The summed E-state index contributed by atoms with van der Waals surface area (Å²) in [5.74, 6) is 3.75. The highest BCUT2D eigenvalue weighted by Crippen LogP contribution is 2.42. The second-order valence-electron chi connectivity index (χ2n) is 9.18. The molecular weight excluding hydrogens is 468 g/mol. The number of amides is 1. The second kappa shape index (κ2) is 11.9. The van der Waals surface area contributed by atoms with Crippen LogP contribution in [0.25, 0.3) is 0 Å². The van der Waals surface area contributed by atoms with Crippen molar-refractivity contribution in [3.8, 4) is 23.0 Å². The van der Waals surface area contributed by atoms with Gasteiger partial charge in [0.15, 0.2) is 23.0 Å². The minimum absolute atomic E-state index is 0. The highest BCUT2D eigenvalue weighted by atomic mass is 35.5. The lowest BCUT2D eigenvalue weighted by Crippen LogP contribution is -2.37. The monoisotopic (exact) mass is 504 g/mol. The number of nitrogens with zero attached hydrogens (tertiary/aromatic N) is 2. The first-order chi connectivity index (χ1) is 16.5. The van der Waals surface area contributed by atoms with Gasteiger partial charge in [0.2, 0.25) is 5.91 Å². The quantitative estimate of drug-likeness (QED) is 0.518. The third kappa shape index (κ3) is 5.78. The number of fused-ring (bicyclic) bond motifs is 2. The first-order valence-electron chi connectivity index (χ1n) is 11.9. The lowest BCUT2D eigenvalue weighted by molar-refractivity contribution is -0.131. The number of halogens is 1. The fourth-order valence-electron chi connectivity index (χ4n) is 5.11. The van der Waals surface area contributed by atoms with Gasteiger partial charge in [-0.15, -0.1) is 12.4 Å². The van der Waals surface area contributed by atoms with Crippen molar-refractivity contribution >= 4 is 18.3 Å². The number of benzene rings is 2. The van der Waals surface area contributed by atoms with Crippen LogP contribution in [0.5, 0.6) is 23.0 Å². The summed E-state index contributed by atoms with van der Waals surface area (Å²) in [4.78, 5) is 17.3. The summed E-state index contributed by atoms with van der Waals surface area (Å²) in [7, 11) is 8.75.